The maximum absolute atomic E-state index is 12.7. The van der Waals surface area contributed by atoms with Crippen molar-refractivity contribution in [2.24, 2.45) is 0 Å². The Morgan fingerprint density at radius 1 is 1.14 bits per heavy atom. The van der Waals surface area contributed by atoms with Crippen LogP contribution in [0.15, 0.2) is 22.7 Å². The van der Waals surface area contributed by atoms with Crippen LogP contribution in [0.1, 0.15) is 41.6 Å². The summed E-state index contributed by atoms with van der Waals surface area (Å²) in [5, 5.41) is 0. The molecule has 0 N–H and O–H groups in total. The van der Waals surface area contributed by atoms with E-state index < -0.39 is 0 Å². The summed E-state index contributed by atoms with van der Waals surface area (Å²) in [6, 6.07) is 6.61. The Balaban J connectivity index is 1.63. The molecule has 3 rings (SSSR count). The van der Waals surface area contributed by atoms with Crippen LogP contribution in [0.3, 0.4) is 0 Å². The quantitative estimate of drug-likeness (QED) is 0.815. The molecule has 0 unspecified atom stereocenters. The van der Waals surface area contributed by atoms with E-state index in [1.807, 2.05) is 30.0 Å². The molecule has 21 heavy (non-hydrogen) atoms. The van der Waals surface area contributed by atoms with Gasteiger partial charge in [0.25, 0.3) is 5.91 Å². The van der Waals surface area contributed by atoms with Crippen LogP contribution in [0.5, 0.6) is 0 Å². The molecule has 0 aromatic heterocycles. The van der Waals surface area contributed by atoms with E-state index in [9.17, 15) is 4.79 Å². The Hall–Kier alpha value is -0.870. The molecular weight excluding hydrogens is 328 g/mol. The van der Waals surface area contributed by atoms with Gasteiger partial charge in [0.1, 0.15) is 0 Å². The van der Waals surface area contributed by atoms with Gasteiger partial charge >= 0.3 is 0 Å². The van der Waals surface area contributed by atoms with Crippen LogP contribution in [0.4, 0.5) is 0 Å². The highest BCUT2D eigenvalue weighted by atomic mass is 79.9. The number of likely N-dealkylation sites (tertiary alicyclic amines) is 2. The Bertz CT molecular complexity index is 518. The Morgan fingerprint density at radius 3 is 2.48 bits per heavy atom. The third kappa shape index (κ3) is 3.16. The van der Waals surface area contributed by atoms with Crippen molar-refractivity contribution in [1.29, 1.82) is 0 Å². The molecule has 1 aromatic rings. The van der Waals surface area contributed by atoms with Crippen molar-refractivity contribution in [2.45, 2.75) is 38.6 Å². The molecule has 1 amide bonds. The second-order valence-electron chi connectivity index (χ2n) is 6.20. The van der Waals surface area contributed by atoms with Gasteiger partial charge in [-0.1, -0.05) is 12.1 Å². The normalized spacial score (nSPS) is 21.0. The highest BCUT2D eigenvalue weighted by Gasteiger charge is 2.29. The zero-order valence-corrected chi connectivity index (χ0v) is 14.2. The topological polar surface area (TPSA) is 23.6 Å². The number of carbonyl (C=O) groups is 1. The highest BCUT2D eigenvalue weighted by Crippen LogP contribution is 2.25. The summed E-state index contributed by atoms with van der Waals surface area (Å²) in [6.07, 6.45) is 4.93. The minimum atomic E-state index is 0.172. The molecule has 2 saturated heterocycles. The van der Waals surface area contributed by atoms with Gasteiger partial charge in [0.2, 0.25) is 0 Å². The first-order valence-electron chi connectivity index (χ1n) is 7.95. The van der Waals surface area contributed by atoms with Crippen molar-refractivity contribution in [2.75, 3.05) is 26.2 Å². The van der Waals surface area contributed by atoms with Gasteiger partial charge in [-0.05, 0) is 73.3 Å². The first-order valence-corrected chi connectivity index (χ1v) is 8.74. The summed E-state index contributed by atoms with van der Waals surface area (Å²) in [6.45, 7) is 6.31. The van der Waals surface area contributed by atoms with E-state index in [-0.39, 0.29) is 5.91 Å². The fraction of sp³-hybridized carbons (Fsp3) is 0.588. The van der Waals surface area contributed by atoms with Crippen LogP contribution in [-0.2, 0) is 0 Å². The number of aryl methyl sites for hydroxylation is 1. The molecule has 0 atom stereocenters. The predicted molar refractivity (Wildman–Crippen MR) is 88.6 cm³/mol. The minimum Gasteiger partial charge on any atom is -0.338 e. The van der Waals surface area contributed by atoms with Gasteiger partial charge in [0.05, 0.1) is 5.56 Å². The second-order valence-corrected chi connectivity index (χ2v) is 7.00. The van der Waals surface area contributed by atoms with E-state index in [0.717, 1.165) is 41.5 Å². The minimum absolute atomic E-state index is 0.172. The fourth-order valence-electron chi connectivity index (χ4n) is 3.52. The average molecular weight is 351 g/mol. The third-order valence-corrected chi connectivity index (χ3v) is 5.88. The van der Waals surface area contributed by atoms with Crippen LogP contribution < -0.4 is 0 Å². The van der Waals surface area contributed by atoms with Crippen molar-refractivity contribution in [3.63, 3.8) is 0 Å². The number of rotatable bonds is 2. The van der Waals surface area contributed by atoms with Crippen LogP contribution in [0, 0.1) is 6.92 Å². The molecule has 0 aliphatic carbocycles. The van der Waals surface area contributed by atoms with Gasteiger partial charge in [-0.3, -0.25) is 4.79 Å². The molecule has 3 nitrogen and oxygen atoms in total. The van der Waals surface area contributed by atoms with Crippen molar-refractivity contribution < 1.29 is 4.79 Å². The first-order chi connectivity index (χ1) is 10.2. The summed E-state index contributed by atoms with van der Waals surface area (Å²) in [5.41, 5.74) is 1.92. The van der Waals surface area contributed by atoms with Crippen molar-refractivity contribution in [3.05, 3.63) is 33.8 Å². The molecule has 2 fully saturated rings. The molecule has 2 aliphatic rings. The largest absolute Gasteiger partial charge is 0.338 e. The number of piperidine rings is 1. The summed E-state index contributed by atoms with van der Waals surface area (Å²) >= 11 is 3.56. The number of nitrogens with zero attached hydrogens (tertiary/aromatic N) is 2. The Morgan fingerprint density at radius 2 is 1.81 bits per heavy atom. The monoisotopic (exact) mass is 350 g/mol. The van der Waals surface area contributed by atoms with Crippen molar-refractivity contribution >= 4 is 21.8 Å². The predicted octanol–water partition coefficient (Wildman–Crippen LogP) is 3.46. The lowest BCUT2D eigenvalue weighted by Gasteiger charge is -2.36. The highest BCUT2D eigenvalue weighted by molar-refractivity contribution is 9.10. The molecular formula is C17H23BrN2O. The number of carbonyl (C=O) groups excluding carboxylic acids is 1. The SMILES string of the molecule is Cc1cccc(C(=O)N2CCC(N3CCCC3)CC2)c1Br. The number of hydrogen-bond donors (Lipinski definition) is 0. The van der Waals surface area contributed by atoms with E-state index in [2.05, 4.69) is 20.8 Å². The van der Waals surface area contributed by atoms with E-state index in [1.54, 1.807) is 0 Å². The van der Waals surface area contributed by atoms with Gasteiger partial charge < -0.3 is 9.80 Å². The van der Waals surface area contributed by atoms with E-state index >= 15 is 0 Å². The Labute approximate surface area is 135 Å². The molecule has 0 bridgehead atoms. The molecule has 1 aromatic carbocycles. The molecule has 114 valence electrons. The lowest BCUT2D eigenvalue weighted by molar-refractivity contribution is 0.0643. The van der Waals surface area contributed by atoms with Gasteiger partial charge in [-0.15, -0.1) is 0 Å². The van der Waals surface area contributed by atoms with Crippen LogP contribution in [-0.4, -0.2) is 47.9 Å². The molecule has 0 spiro atoms. The maximum atomic E-state index is 12.7. The van der Waals surface area contributed by atoms with E-state index in [1.165, 1.54) is 25.9 Å². The molecule has 0 radical (unpaired) electrons. The number of hydrogen-bond acceptors (Lipinski definition) is 2. The molecule has 2 aliphatic heterocycles. The standard InChI is InChI=1S/C17H23BrN2O/c1-13-5-4-6-15(16(13)18)17(21)20-11-7-14(8-12-20)19-9-2-3-10-19/h4-6,14H,2-3,7-12H2,1H3. The van der Waals surface area contributed by atoms with Gasteiger partial charge in [-0.25, -0.2) is 0 Å². The first kappa shape index (κ1) is 15.0. The lowest BCUT2D eigenvalue weighted by atomic mass is 10.0. The molecule has 0 saturated carbocycles. The number of amides is 1. The van der Waals surface area contributed by atoms with E-state index in [0.29, 0.717) is 6.04 Å². The van der Waals surface area contributed by atoms with Gasteiger partial charge in [0.15, 0.2) is 0 Å². The number of benzene rings is 1. The van der Waals surface area contributed by atoms with Crippen LogP contribution in [0.25, 0.3) is 0 Å². The third-order valence-electron chi connectivity index (χ3n) is 4.83. The van der Waals surface area contributed by atoms with Gasteiger partial charge in [0, 0.05) is 23.6 Å². The lowest BCUT2D eigenvalue weighted by Crippen LogP contribution is -2.46. The smallest absolute Gasteiger partial charge is 0.255 e. The summed E-state index contributed by atoms with van der Waals surface area (Å²) < 4.78 is 0.941. The van der Waals surface area contributed by atoms with Crippen molar-refractivity contribution in [3.8, 4) is 0 Å². The van der Waals surface area contributed by atoms with Crippen LogP contribution >= 0.6 is 15.9 Å². The zero-order valence-electron chi connectivity index (χ0n) is 12.6. The fourth-order valence-corrected chi connectivity index (χ4v) is 3.96. The van der Waals surface area contributed by atoms with Crippen LogP contribution in [0.2, 0.25) is 0 Å². The summed E-state index contributed by atoms with van der Waals surface area (Å²) in [7, 11) is 0. The summed E-state index contributed by atoms with van der Waals surface area (Å²) in [4.78, 5) is 17.3. The Kier molecular flexibility index (Phi) is 4.65. The zero-order chi connectivity index (χ0) is 14.8. The molecule has 2 heterocycles. The average Bonchev–Trinajstić information content (AvgIpc) is 3.04. The number of halogens is 1. The van der Waals surface area contributed by atoms with Gasteiger partial charge in [-0.2, -0.15) is 0 Å². The molecule has 4 heteroatoms. The van der Waals surface area contributed by atoms with E-state index in [4.69, 9.17) is 0 Å². The van der Waals surface area contributed by atoms with Crippen molar-refractivity contribution in [1.82, 2.24) is 9.80 Å². The summed E-state index contributed by atoms with van der Waals surface area (Å²) in [5.74, 6) is 0.172. The maximum Gasteiger partial charge on any atom is 0.255 e. The second kappa shape index (κ2) is 6.49.